The Balaban J connectivity index is 2.01. The summed E-state index contributed by atoms with van der Waals surface area (Å²) in [6.45, 7) is 2.65. The minimum Gasteiger partial charge on any atom is -0.493 e. The van der Waals surface area contributed by atoms with Gasteiger partial charge in [-0.05, 0) is 25.1 Å². The van der Waals surface area contributed by atoms with Crippen LogP contribution in [-0.4, -0.2) is 44.4 Å². The van der Waals surface area contributed by atoms with Gasteiger partial charge in [0.15, 0.2) is 12.2 Å². The normalized spacial score (nSPS) is 24.0. The van der Waals surface area contributed by atoms with Gasteiger partial charge in [-0.15, -0.1) is 0 Å². The maximum Gasteiger partial charge on any atom is 0.303 e. The number of hydrogen-bond acceptors (Lipinski definition) is 7. The van der Waals surface area contributed by atoms with Crippen LogP contribution < -0.4 is 0 Å². The second kappa shape index (κ2) is 7.12. The van der Waals surface area contributed by atoms with E-state index in [1.165, 1.54) is 31.4 Å². The van der Waals surface area contributed by atoms with Crippen molar-refractivity contribution >= 4 is 16.1 Å². The summed E-state index contributed by atoms with van der Waals surface area (Å²) in [6, 6.07) is 6.18. The standard InChI is InChI=1S/C15H18O7S/c1-10-3-5-12(6-4-10)23(18,19)21-9-14-15(17)13(7-8-20-14)22-11(2)16/h3-8,13-15,17H,9H2,1-2H3/t13-,14?,15+/m1/s1. The highest BCUT2D eigenvalue weighted by molar-refractivity contribution is 7.86. The first-order valence-electron chi connectivity index (χ1n) is 6.93. The van der Waals surface area contributed by atoms with Gasteiger partial charge in [-0.2, -0.15) is 8.42 Å². The van der Waals surface area contributed by atoms with Gasteiger partial charge in [-0.3, -0.25) is 8.98 Å². The Morgan fingerprint density at radius 2 is 1.96 bits per heavy atom. The molecular formula is C15H18O7S. The molecule has 1 aliphatic heterocycles. The first-order chi connectivity index (χ1) is 10.8. The molecule has 0 aromatic heterocycles. The third-order valence-corrected chi connectivity index (χ3v) is 4.53. The number of carbonyl (C=O) groups is 1. The van der Waals surface area contributed by atoms with Crippen molar-refractivity contribution < 1.29 is 32.0 Å². The molecule has 1 heterocycles. The third-order valence-electron chi connectivity index (χ3n) is 3.24. The Kier molecular flexibility index (Phi) is 5.40. The molecule has 0 saturated heterocycles. The Morgan fingerprint density at radius 1 is 1.30 bits per heavy atom. The highest BCUT2D eigenvalue weighted by atomic mass is 32.2. The second-order valence-electron chi connectivity index (χ2n) is 5.12. The van der Waals surface area contributed by atoms with Crippen LogP contribution in [0.5, 0.6) is 0 Å². The molecule has 2 rings (SSSR count). The van der Waals surface area contributed by atoms with E-state index in [0.717, 1.165) is 5.56 Å². The summed E-state index contributed by atoms with van der Waals surface area (Å²) in [6.07, 6.45) is -0.484. The average Bonchev–Trinajstić information content (AvgIpc) is 2.48. The van der Waals surface area contributed by atoms with Crippen molar-refractivity contribution in [2.45, 2.75) is 37.1 Å². The fraction of sp³-hybridized carbons (Fsp3) is 0.400. The Morgan fingerprint density at radius 3 is 2.57 bits per heavy atom. The first kappa shape index (κ1) is 17.5. The zero-order chi connectivity index (χ0) is 17.0. The molecule has 7 nitrogen and oxygen atoms in total. The van der Waals surface area contributed by atoms with Crippen LogP contribution in [0.4, 0.5) is 0 Å². The SMILES string of the molecule is CC(=O)O[C@@H]1C=COC(COS(=O)(=O)c2ccc(C)cc2)[C@H]1O. The number of ether oxygens (including phenoxy) is 2. The second-order valence-corrected chi connectivity index (χ2v) is 6.73. The largest absolute Gasteiger partial charge is 0.493 e. The monoisotopic (exact) mass is 342 g/mol. The van der Waals surface area contributed by atoms with Gasteiger partial charge in [0.2, 0.25) is 0 Å². The number of aliphatic hydroxyl groups excluding tert-OH is 1. The molecule has 1 aromatic rings. The average molecular weight is 342 g/mol. The molecule has 1 unspecified atom stereocenters. The number of benzene rings is 1. The lowest BCUT2D eigenvalue weighted by Crippen LogP contribution is -2.44. The van der Waals surface area contributed by atoms with Crippen molar-refractivity contribution in [1.29, 1.82) is 0 Å². The first-order valence-corrected chi connectivity index (χ1v) is 8.34. The predicted octanol–water partition coefficient (Wildman–Crippen LogP) is 0.905. The Hall–Kier alpha value is -1.90. The van der Waals surface area contributed by atoms with Gasteiger partial charge < -0.3 is 14.6 Å². The van der Waals surface area contributed by atoms with Crippen LogP contribution in [-0.2, 0) is 28.6 Å². The van der Waals surface area contributed by atoms with Gasteiger partial charge in [0.1, 0.15) is 12.7 Å². The van der Waals surface area contributed by atoms with Crippen molar-refractivity contribution in [3.8, 4) is 0 Å². The summed E-state index contributed by atoms with van der Waals surface area (Å²) in [5, 5.41) is 10.1. The van der Waals surface area contributed by atoms with Crippen LogP contribution in [0.25, 0.3) is 0 Å². The van der Waals surface area contributed by atoms with E-state index in [1.807, 2.05) is 6.92 Å². The van der Waals surface area contributed by atoms with Crippen LogP contribution >= 0.6 is 0 Å². The molecular weight excluding hydrogens is 324 g/mol. The molecule has 23 heavy (non-hydrogen) atoms. The summed E-state index contributed by atoms with van der Waals surface area (Å²) in [7, 11) is -3.96. The number of carbonyl (C=O) groups excluding carboxylic acids is 1. The highest BCUT2D eigenvalue weighted by Crippen LogP contribution is 2.19. The maximum absolute atomic E-state index is 12.1. The zero-order valence-electron chi connectivity index (χ0n) is 12.7. The van der Waals surface area contributed by atoms with Gasteiger partial charge in [-0.1, -0.05) is 17.7 Å². The lowest BCUT2D eigenvalue weighted by molar-refractivity contribution is -0.156. The molecule has 0 bridgehead atoms. The van der Waals surface area contributed by atoms with E-state index in [0.29, 0.717) is 0 Å². The summed E-state index contributed by atoms with van der Waals surface area (Å²) in [4.78, 5) is 11.0. The highest BCUT2D eigenvalue weighted by Gasteiger charge is 2.34. The lowest BCUT2D eigenvalue weighted by atomic mass is 10.1. The van der Waals surface area contributed by atoms with E-state index in [2.05, 4.69) is 0 Å². The number of rotatable bonds is 5. The quantitative estimate of drug-likeness (QED) is 0.627. The van der Waals surface area contributed by atoms with Crippen molar-refractivity contribution in [3.63, 3.8) is 0 Å². The summed E-state index contributed by atoms with van der Waals surface area (Å²) < 4.78 is 39.2. The van der Waals surface area contributed by atoms with Gasteiger partial charge >= 0.3 is 5.97 Å². The fourth-order valence-electron chi connectivity index (χ4n) is 2.00. The van der Waals surface area contributed by atoms with Crippen LogP contribution in [0.2, 0.25) is 0 Å². The fourth-order valence-corrected chi connectivity index (χ4v) is 2.92. The number of aliphatic hydroxyl groups is 1. The van der Waals surface area contributed by atoms with Gasteiger partial charge in [-0.25, -0.2) is 0 Å². The van der Waals surface area contributed by atoms with Gasteiger partial charge in [0.05, 0.1) is 11.2 Å². The Bertz CT molecular complexity index is 678. The van der Waals surface area contributed by atoms with Gasteiger partial charge in [0.25, 0.3) is 10.1 Å². The maximum atomic E-state index is 12.1. The van der Waals surface area contributed by atoms with E-state index < -0.39 is 41.0 Å². The van der Waals surface area contributed by atoms with Crippen LogP contribution in [0, 0.1) is 6.92 Å². The van der Waals surface area contributed by atoms with Crippen LogP contribution in [0.3, 0.4) is 0 Å². The summed E-state index contributed by atoms with van der Waals surface area (Å²) in [5.74, 6) is -0.562. The molecule has 3 atom stereocenters. The van der Waals surface area contributed by atoms with Crippen LogP contribution in [0.15, 0.2) is 41.5 Å². The minimum absolute atomic E-state index is 0.0143. The number of aryl methyl sites for hydroxylation is 1. The summed E-state index contributed by atoms with van der Waals surface area (Å²) in [5.41, 5.74) is 0.921. The molecule has 0 radical (unpaired) electrons. The zero-order valence-corrected chi connectivity index (χ0v) is 13.5. The topological polar surface area (TPSA) is 99.1 Å². The molecule has 1 aliphatic rings. The molecule has 0 saturated carbocycles. The van der Waals surface area contributed by atoms with Gasteiger partial charge in [0, 0.05) is 6.92 Å². The van der Waals surface area contributed by atoms with Crippen molar-refractivity contribution in [3.05, 3.63) is 42.2 Å². The smallest absolute Gasteiger partial charge is 0.303 e. The van der Waals surface area contributed by atoms with E-state index in [-0.39, 0.29) is 4.90 Å². The lowest BCUT2D eigenvalue weighted by Gasteiger charge is -2.30. The minimum atomic E-state index is -3.96. The van der Waals surface area contributed by atoms with Crippen LogP contribution in [0.1, 0.15) is 12.5 Å². The molecule has 1 aromatic carbocycles. The molecule has 0 fully saturated rings. The van der Waals surface area contributed by atoms with E-state index in [1.54, 1.807) is 12.1 Å². The molecule has 8 heteroatoms. The molecule has 0 spiro atoms. The number of hydrogen-bond donors (Lipinski definition) is 1. The molecule has 0 aliphatic carbocycles. The van der Waals surface area contributed by atoms with Crippen molar-refractivity contribution in [1.82, 2.24) is 0 Å². The third kappa shape index (κ3) is 4.54. The molecule has 1 N–H and O–H groups in total. The van der Waals surface area contributed by atoms with E-state index in [9.17, 15) is 18.3 Å². The van der Waals surface area contributed by atoms with E-state index in [4.69, 9.17) is 13.7 Å². The van der Waals surface area contributed by atoms with E-state index >= 15 is 0 Å². The Labute approximate surface area is 134 Å². The molecule has 126 valence electrons. The summed E-state index contributed by atoms with van der Waals surface area (Å²) >= 11 is 0. The number of esters is 1. The van der Waals surface area contributed by atoms with Crippen molar-refractivity contribution in [2.24, 2.45) is 0 Å². The van der Waals surface area contributed by atoms with Crippen molar-refractivity contribution in [2.75, 3.05) is 6.61 Å². The molecule has 0 amide bonds. The predicted molar refractivity (Wildman–Crippen MR) is 79.9 cm³/mol.